The van der Waals surface area contributed by atoms with Crippen LogP contribution in [0, 0.1) is 6.92 Å². The van der Waals surface area contributed by atoms with E-state index in [4.69, 9.17) is 0 Å². The molecule has 0 heterocycles. The maximum atomic E-state index is 11.7. The average molecular weight is 246 g/mol. The smallest absolute Gasteiger partial charge is 0.315 e. The zero-order chi connectivity index (χ0) is 13.5. The van der Waals surface area contributed by atoms with Crippen molar-refractivity contribution in [2.75, 3.05) is 5.32 Å². The summed E-state index contributed by atoms with van der Waals surface area (Å²) < 4.78 is 0. The molecule has 0 aliphatic carbocycles. The fourth-order valence-corrected chi connectivity index (χ4v) is 1.74. The number of carbonyl (C=O) groups excluding carboxylic acids is 1. The second kappa shape index (κ2) is 6.84. The van der Waals surface area contributed by atoms with Crippen molar-refractivity contribution >= 4 is 11.7 Å². The lowest BCUT2D eigenvalue weighted by Gasteiger charge is -2.16. The summed E-state index contributed by atoms with van der Waals surface area (Å²) in [6.45, 7) is 8.27. The van der Waals surface area contributed by atoms with Gasteiger partial charge in [-0.1, -0.05) is 45.0 Å². The van der Waals surface area contributed by atoms with Crippen LogP contribution >= 0.6 is 0 Å². The van der Waals surface area contributed by atoms with Crippen LogP contribution in [0.2, 0.25) is 0 Å². The number of rotatable bonds is 4. The first-order valence-electron chi connectivity index (χ1n) is 6.38. The summed E-state index contributed by atoms with van der Waals surface area (Å²) in [5.41, 5.74) is 3.15. The van der Waals surface area contributed by atoms with Crippen LogP contribution in [-0.4, -0.2) is 6.03 Å². The maximum Gasteiger partial charge on any atom is 0.323 e. The molecule has 0 aliphatic heterocycles. The molecule has 2 N–H and O–H groups in total. The number of aryl methyl sites for hydroxylation is 1. The second-order valence-electron chi connectivity index (χ2n) is 4.60. The predicted molar refractivity (Wildman–Crippen MR) is 76.9 cm³/mol. The quantitative estimate of drug-likeness (QED) is 0.822. The van der Waals surface area contributed by atoms with Crippen LogP contribution in [-0.2, 0) is 0 Å². The minimum Gasteiger partial charge on any atom is -0.315 e. The van der Waals surface area contributed by atoms with E-state index in [9.17, 15) is 4.79 Å². The highest BCUT2D eigenvalue weighted by Gasteiger charge is 2.10. The lowest BCUT2D eigenvalue weighted by atomic mass is 9.98. The summed E-state index contributed by atoms with van der Waals surface area (Å²) in [6.07, 6.45) is 4.48. The Labute approximate surface area is 109 Å². The van der Waals surface area contributed by atoms with Crippen LogP contribution in [0.1, 0.15) is 44.2 Å². The molecular formula is C15H22N2O. The van der Waals surface area contributed by atoms with Gasteiger partial charge in [0.05, 0.1) is 0 Å². The Morgan fingerprint density at radius 3 is 2.72 bits per heavy atom. The van der Waals surface area contributed by atoms with Gasteiger partial charge in [-0.15, -0.1) is 0 Å². The molecule has 1 rings (SSSR count). The molecule has 0 unspecified atom stereocenters. The van der Waals surface area contributed by atoms with Crippen molar-refractivity contribution in [2.24, 2.45) is 0 Å². The fraction of sp³-hybridized carbons (Fsp3) is 0.400. The molecular weight excluding hydrogens is 224 g/mol. The molecule has 98 valence electrons. The normalized spacial score (nSPS) is 10.9. The van der Waals surface area contributed by atoms with Crippen LogP contribution < -0.4 is 10.6 Å². The van der Waals surface area contributed by atoms with Gasteiger partial charge in [0, 0.05) is 11.9 Å². The molecule has 0 saturated heterocycles. The highest BCUT2D eigenvalue weighted by atomic mass is 16.2. The van der Waals surface area contributed by atoms with E-state index in [2.05, 4.69) is 30.5 Å². The van der Waals surface area contributed by atoms with E-state index < -0.39 is 0 Å². The molecule has 0 spiro atoms. The largest absolute Gasteiger partial charge is 0.323 e. The van der Waals surface area contributed by atoms with Crippen molar-refractivity contribution in [2.45, 2.75) is 40.0 Å². The molecule has 0 saturated carbocycles. The Kier molecular flexibility index (Phi) is 5.43. The Bertz CT molecular complexity index is 436. The summed E-state index contributed by atoms with van der Waals surface area (Å²) >= 11 is 0. The van der Waals surface area contributed by atoms with Crippen molar-refractivity contribution in [3.8, 4) is 0 Å². The number of allylic oxidation sites excluding steroid dienone is 1. The number of carbonyl (C=O) groups is 1. The monoisotopic (exact) mass is 246 g/mol. The van der Waals surface area contributed by atoms with Crippen molar-refractivity contribution in [1.82, 2.24) is 5.32 Å². The number of anilines is 1. The number of para-hydroxylation sites is 1. The zero-order valence-corrected chi connectivity index (χ0v) is 11.6. The Hall–Kier alpha value is -1.77. The molecule has 0 bridgehead atoms. The first-order chi connectivity index (χ1) is 8.56. The number of benzene rings is 1. The standard InChI is InChI=1S/C15H22N2O/c1-5-6-10-16-15(18)17-14-12(4)8-7-9-13(14)11(2)3/h6-11H,5H2,1-4H3,(H2,16,17,18)/b10-6+. The number of hydrogen-bond acceptors (Lipinski definition) is 1. The van der Waals surface area contributed by atoms with Crippen LogP contribution in [0.3, 0.4) is 0 Å². The third-order valence-corrected chi connectivity index (χ3v) is 2.73. The molecule has 0 atom stereocenters. The summed E-state index contributed by atoms with van der Waals surface area (Å²) in [7, 11) is 0. The van der Waals surface area contributed by atoms with E-state index in [-0.39, 0.29) is 6.03 Å². The highest BCUT2D eigenvalue weighted by molar-refractivity contribution is 5.91. The number of nitrogens with one attached hydrogen (secondary N) is 2. The average Bonchev–Trinajstić information content (AvgIpc) is 2.31. The van der Waals surface area contributed by atoms with E-state index in [0.717, 1.165) is 23.2 Å². The Morgan fingerprint density at radius 2 is 2.11 bits per heavy atom. The van der Waals surface area contributed by atoms with Crippen molar-refractivity contribution < 1.29 is 4.79 Å². The fourth-order valence-electron chi connectivity index (χ4n) is 1.74. The molecule has 3 heteroatoms. The molecule has 0 radical (unpaired) electrons. The molecule has 1 aromatic carbocycles. The lowest BCUT2D eigenvalue weighted by Crippen LogP contribution is -2.25. The summed E-state index contributed by atoms with van der Waals surface area (Å²) in [5, 5.41) is 5.61. The number of urea groups is 1. The Morgan fingerprint density at radius 1 is 1.39 bits per heavy atom. The SMILES string of the molecule is CC/C=C/NC(=O)Nc1c(C)cccc1C(C)C. The van der Waals surface area contributed by atoms with Crippen LogP contribution in [0.15, 0.2) is 30.5 Å². The minimum atomic E-state index is -0.198. The molecule has 0 aliphatic rings. The van der Waals surface area contributed by atoms with Gasteiger partial charge in [-0.2, -0.15) is 0 Å². The van der Waals surface area contributed by atoms with E-state index in [0.29, 0.717) is 5.92 Å². The molecule has 3 nitrogen and oxygen atoms in total. The van der Waals surface area contributed by atoms with Crippen molar-refractivity contribution in [3.63, 3.8) is 0 Å². The molecule has 18 heavy (non-hydrogen) atoms. The molecule has 0 fully saturated rings. The van der Waals surface area contributed by atoms with E-state index >= 15 is 0 Å². The van der Waals surface area contributed by atoms with Gasteiger partial charge in [0.25, 0.3) is 0 Å². The Balaban J connectivity index is 2.83. The summed E-state index contributed by atoms with van der Waals surface area (Å²) in [6, 6.07) is 5.87. The predicted octanol–water partition coefficient (Wildman–Crippen LogP) is 4.16. The van der Waals surface area contributed by atoms with Gasteiger partial charge < -0.3 is 10.6 Å². The van der Waals surface area contributed by atoms with E-state index in [1.165, 1.54) is 0 Å². The van der Waals surface area contributed by atoms with Gasteiger partial charge in [0.1, 0.15) is 0 Å². The third kappa shape index (κ3) is 3.91. The molecule has 0 aromatic heterocycles. The first kappa shape index (κ1) is 14.3. The van der Waals surface area contributed by atoms with Crippen molar-refractivity contribution in [1.29, 1.82) is 0 Å². The van der Waals surface area contributed by atoms with Gasteiger partial charge in [-0.3, -0.25) is 0 Å². The van der Waals surface area contributed by atoms with Crippen LogP contribution in [0.4, 0.5) is 10.5 Å². The minimum absolute atomic E-state index is 0.198. The van der Waals surface area contributed by atoms with Crippen molar-refractivity contribution in [3.05, 3.63) is 41.6 Å². The topological polar surface area (TPSA) is 41.1 Å². The number of amides is 2. The first-order valence-corrected chi connectivity index (χ1v) is 6.38. The van der Waals surface area contributed by atoms with Gasteiger partial charge in [0.2, 0.25) is 0 Å². The summed E-state index contributed by atoms with van der Waals surface area (Å²) in [4.78, 5) is 11.7. The van der Waals surface area contributed by atoms with Crippen LogP contribution in [0.25, 0.3) is 0 Å². The van der Waals surface area contributed by atoms with Gasteiger partial charge >= 0.3 is 6.03 Å². The molecule has 2 amide bonds. The van der Waals surface area contributed by atoms with E-state index in [1.54, 1.807) is 6.20 Å². The van der Waals surface area contributed by atoms with Crippen LogP contribution in [0.5, 0.6) is 0 Å². The van der Waals surface area contributed by atoms with Gasteiger partial charge in [-0.05, 0) is 30.4 Å². The number of hydrogen-bond donors (Lipinski definition) is 2. The second-order valence-corrected chi connectivity index (χ2v) is 4.60. The molecule has 1 aromatic rings. The third-order valence-electron chi connectivity index (χ3n) is 2.73. The van der Waals surface area contributed by atoms with Gasteiger partial charge in [-0.25, -0.2) is 4.79 Å². The zero-order valence-electron chi connectivity index (χ0n) is 11.6. The van der Waals surface area contributed by atoms with E-state index in [1.807, 2.05) is 32.1 Å². The summed E-state index contributed by atoms with van der Waals surface area (Å²) in [5.74, 6) is 0.381. The van der Waals surface area contributed by atoms with Gasteiger partial charge in [0.15, 0.2) is 0 Å². The lowest BCUT2D eigenvalue weighted by molar-refractivity contribution is 0.255. The highest BCUT2D eigenvalue weighted by Crippen LogP contribution is 2.27. The maximum absolute atomic E-state index is 11.7.